The molecule has 1 unspecified atom stereocenters. The number of hydrogen-bond donors (Lipinski definition) is 1. The second-order valence-corrected chi connectivity index (χ2v) is 4.52. The lowest BCUT2D eigenvalue weighted by atomic mass is 9.98. The van der Waals surface area contributed by atoms with Crippen LogP contribution in [0.3, 0.4) is 0 Å². The van der Waals surface area contributed by atoms with E-state index in [1.807, 2.05) is 13.0 Å². The van der Waals surface area contributed by atoms with Crippen LogP contribution < -0.4 is 5.32 Å². The minimum Gasteiger partial charge on any atom is -0.317 e. The number of halogens is 1. The van der Waals surface area contributed by atoms with E-state index in [0.717, 1.165) is 31.5 Å². The normalized spacial score (nSPS) is 12.8. The smallest absolute Gasteiger partial charge is 0.123 e. The molecule has 2 heteroatoms. The predicted octanol–water partition coefficient (Wildman–Crippen LogP) is 3.31. The highest BCUT2D eigenvalue weighted by atomic mass is 19.1. The molecule has 0 radical (unpaired) electrons. The summed E-state index contributed by atoms with van der Waals surface area (Å²) in [6.45, 7) is 8.46. The van der Waals surface area contributed by atoms with E-state index in [2.05, 4.69) is 19.2 Å². The second-order valence-electron chi connectivity index (χ2n) is 4.52. The lowest BCUT2D eigenvalue weighted by molar-refractivity contribution is 0.488. The summed E-state index contributed by atoms with van der Waals surface area (Å²) < 4.78 is 13.1. The van der Waals surface area contributed by atoms with Crippen molar-refractivity contribution < 1.29 is 4.39 Å². The zero-order chi connectivity index (χ0) is 12.0. The van der Waals surface area contributed by atoms with Gasteiger partial charge < -0.3 is 5.32 Å². The lowest BCUT2D eigenvalue weighted by Crippen LogP contribution is -2.20. The van der Waals surface area contributed by atoms with E-state index in [0.29, 0.717) is 5.92 Å². The SMILES string of the molecule is CCNCC(C)CCc1cc(F)ccc1C. The Morgan fingerprint density at radius 1 is 1.38 bits per heavy atom. The molecule has 0 spiro atoms. The molecular weight excluding hydrogens is 201 g/mol. The largest absolute Gasteiger partial charge is 0.317 e. The molecule has 1 rings (SSSR count). The van der Waals surface area contributed by atoms with E-state index in [-0.39, 0.29) is 5.82 Å². The summed E-state index contributed by atoms with van der Waals surface area (Å²) in [6, 6.07) is 5.05. The maximum Gasteiger partial charge on any atom is 0.123 e. The quantitative estimate of drug-likeness (QED) is 0.780. The average molecular weight is 223 g/mol. The van der Waals surface area contributed by atoms with E-state index < -0.39 is 0 Å². The van der Waals surface area contributed by atoms with Crippen LogP contribution >= 0.6 is 0 Å². The molecule has 1 atom stereocenters. The van der Waals surface area contributed by atoms with Gasteiger partial charge in [0.1, 0.15) is 5.82 Å². The Hall–Kier alpha value is -0.890. The molecule has 16 heavy (non-hydrogen) atoms. The Bertz CT molecular complexity index is 323. The van der Waals surface area contributed by atoms with Crippen LogP contribution in [0.4, 0.5) is 4.39 Å². The Balaban J connectivity index is 2.44. The standard InChI is InChI=1S/C14H22FN/c1-4-16-10-11(2)5-7-13-9-14(15)8-6-12(13)3/h6,8-9,11,16H,4-5,7,10H2,1-3H3. The molecule has 0 fully saturated rings. The number of hydrogen-bond acceptors (Lipinski definition) is 1. The van der Waals surface area contributed by atoms with Crippen LogP contribution in [0.2, 0.25) is 0 Å². The first-order chi connectivity index (χ1) is 7.63. The van der Waals surface area contributed by atoms with Crippen molar-refractivity contribution in [3.8, 4) is 0 Å². The third kappa shape index (κ3) is 4.31. The molecule has 0 heterocycles. The second kappa shape index (κ2) is 6.64. The summed E-state index contributed by atoms with van der Waals surface area (Å²) in [5.74, 6) is 0.516. The Kier molecular flexibility index (Phi) is 5.47. The van der Waals surface area contributed by atoms with Crippen molar-refractivity contribution in [2.24, 2.45) is 5.92 Å². The minimum absolute atomic E-state index is 0.125. The fraction of sp³-hybridized carbons (Fsp3) is 0.571. The van der Waals surface area contributed by atoms with Gasteiger partial charge in [0.15, 0.2) is 0 Å². The van der Waals surface area contributed by atoms with Crippen molar-refractivity contribution in [2.45, 2.75) is 33.6 Å². The molecule has 1 aromatic carbocycles. The summed E-state index contributed by atoms with van der Waals surface area (Å²) >= 11 is 0. The topological polar surface area (TPSA) is 12.0 Å². The van der Waals surface area contributed by atoms with Gasteiger partial charge in [-0.3, -0.25) is 0 Å². The van der Waals surface area contributed by atoms with Crippen LogP contribution in [0.25, 0.3) is 0 Å². The van der Waals surface area contributed by atoms with Gasteiger partial charge in [-0.2, -0.15) is 0 Å². The van der Waals surface area contributed by atoms with Crippen LogP contribution in [0, 0.1) is 18.7 Å². The first kappa shape index (κ1) is 13.2. The van der Waals surface area contributed by atoms with Gasteiger partial charge in [0.05, 0.1) is 0 Å². The molecule has 1 N–H and O–H groups in total. The van der Waals surface area contributed by atoms with Crippen molar-refractivity contribution in [2.75, 3.05) is 13.1 Å². The van der Waals surface area contributed by atoms with E-state index in [9.17, 15) is 4.39 Å². The van der Waals surface area contributed by atoms with E-state index >= 15 is 0 Å². The van der Waals surface area contributed by atoms with Crippen LogP contribution in [-0.4, -0.2) is 13.1 Å². The maximum atomic E-state index is 13.1. The summed E-state index contributed by atoms with van der Waals surface area (Å²) in [5, 5.41) is 3.34. The van der Waals surface area contributed by atoms with Gasteiger partial charge >= 0.3 is 0 Å². The van der Waals surface area contributed by atoms with Crippen LogP contribution in [0.5, 0.6) is 0 Å². The van der Waals surface area contributed by atoms with Gasteiger partial charge in [0.2, 0.25) is 0 Å². The predicted molar refractivity (Wildman–Crippen MR) is 67.2 cm³/mol. The Morgan fingerprint density at radius 3 is 2.81 bits per heavy atom. The molecule has 0 saturated carbocycles. The van der Waals surface area contributed by atoms with Gasteiger partial charge in [-0.1, -0.05) is 19.9 Å². The number of rotatable bonds is 6. The van der Waals surface area contributed by atoms with Gasteiger partial charge in [-0.05, 0) is 62.0 Å². The van der Waals surface area contributed by atoms with Crippen molar-refractivity contribution in [3.05, 3.63) is 35.1 Å². The first-order valence-corrected chi connectivity index (χ1v) is 6.09. The zero-order valence-electron chi connectivity index (χ0n) is 10.5. The number of nitrogens with one attached hydrogen (secondary N) is 1. The zero-order valence-corrected chi connectivity index (χ0v) is 10.5. The average Bonchev–Trinajstić information content (AvgIpc) is 2.27. The molecule has 0 aliphatic carbocycles. The van der Waals surface area contributed by atoms with Crippen LogP contribution in [0.1, 0.15) is 31.4 Å². The van der Waals surface area contributed by atoms with E-state index in [1.54, 1.807) is 6.07 Å². The third-order valence-electron chi connectivity index (χ3n) is 2.96. The fourth-order valence-corrected chi connectivity index (χ4v) is 1.80. The lowest BCUT2D eigenvalue weighted by Gasteiger charge is -2.12. The molecule has 1 nitrogen and oxygen atoms in total. The number of aryl methyl sites for hydroxylation is 2. The van der Waals surface area contributed by atoms with Crippen molar-refractivity contribution in [1.82, 2.24) is 5.32 Å². The van der Waals surface area contributed by atoms with Gasteiger partial charge in [-0.15, -0.1) is 0 Å². The van der Waals surface area contributed by atoms with Crippen molar-refractivity contribution in [1.29, 1.82) is 0 Å². The molecule has 0 amide bonds. The first-order valence-electron chi connectivity index (χ1n) is 6.09. The Morgan fingerprint density at radius 2 is 2.12 bits per heavy atom. The summed E-state index contributed by atoms with van der Waals surface area (Å²) in [4.78, 5) is 0. The van der Waals surface area contributed by atoms with Gasteiger partial charge in [0, 0.05) is 0 Å². The summed E-state index contributed by atoms with van der Waals surface area (Å²) in [6.07, 6.45) is 2.08. The van der Waals surface area contributed by atoms with Crippen LogP contribution in [0.15, 0.2) is 18.2 Å². The molecule has 1 aromatic rings. The minimum atomic E-state index is -0.125. The monoisotopic (exact) mass is 223 g/mol. The Labute approximate surface area is 98.1 Å². The summed E-state index contributed by atoms with van der Waals surface area (Å²) in [5.41, 5.74) is 2.33. The summed E-state index contributed by atoms with van der Waals surface area (Å²) in [7, 11) is 0. The molecule has 0 aliphatic rings. The molecule has 0 saturated heterocycles. The highest BCUT2D eigenvalue weighted by Crippen LogP contribution is 2.14. The molecule has 0 bridgehead atoms. The molecule has 0 aromatic heterocycles. The number of benzene rings is 1. The fourth-order valence-electron chi connectivity index (χ4n) is 1.80. The van der Waals surface area contributed by atoms with Gasteiger partial charge in [0.25, 0.3) is 0 Å². The highest BCUT2D eigenvalue weighted by Gasteiger charge is 2.05. The van der Waals surface area contributed by atoms with E-state index in [1.165, 1.54) is 11.6 Å². The molecular formula is C14H22FN. The molecule has 0 aliphatic heterocycles. The van der Waals surface area contributed by atoms with Gasteiger partial charge in [-0.25, -0.2) is 4.39 Å². The van der Waals surface area contributed by atoms with Crippen molar-refractivity contribution >= 4 is 0 Å². The maximum absolute atomic E-state index is 13.1. The molecule has 90 valence electrons. The van der Waals surface area contributed by atoms with Crippen molar-refractivity contribution in [3.63, 3.8) is 0 Å². The van der Waals surface area contributed by atoms with E-state index in [4.69, 9.17) is 0 Å². The third-order valence-corrected chi connectivity index (χ3v) is 2.96. The van der Waals surface area contributed by atoms with Crippen LogP contribution in [-0.2, 0) is 6.42 Å². The highest BCUT2D eigenvalue weighted by molar-refractivity contribution is 5.26.